The summed E-state index contributed by atoms with van der Waals surface area (Å²) in [6, 6.07) is 53.3. The van der Waals surface area contributed by atoms with Gasteiger partial charge in [0.15, 0.2) is 0 Å². The van der Waals surface area contributed by atoms with Crippen LogP contribution < -0.4 is 5.32 Å². The third-order valence-electron chi connectivity index (χ3n) is 9.23. The van der Waals surface area contributed by atoms with E-state index in [9.17, 15) is 0 Å². The summed E-state index contributed by atoms with van der Waals surface area (Å²) >= 11 is 3.83. The second-order valence-corrected chi connectivity index (χ2v) is 14.0. The molecule has 0 saturated carbocycles. The number of aromatic nitrogens is 1. The van der Waals surface area contributed by atoms with Crippen LogP contribution in [0.4, 0.5) is 5.69 Å². The maximum atomic E-state index is 3.84. The molecule has 4 heteroatoms. The van der Waals surface area contributed by atoms with Crippen LogP contribution in [0.5, 0.6) is 0 Å². The Kier molecular flexibility index (Phi) is 5.48. The van der Waals surface area contributed by atoms with Gasteiger partial charge in [0, 0.05) is 47.2 Å². The molecule has 2 nitrogen and oxygen atoms in total. The zero-order valence-electron chi connectivity index (χ0n) is 24.2. The molecule has 2 aromatic heterocycles. The number of rotatable bonds is 3. The number of nitrogens with one attached hydrogen (secondary N) is 1. The van der Waals surface area contributed by atoms with Crippen molar-refractivity contribution in [1.82, 2.24) is 4.57 Å². The highest BCUT2D eigenvalue weighted by Crippen LogP contribution is 2.53. The normalized spacial score (nSPS) is 14.5. The van der Waals surface area contributed by atoms with Gasteiger partial charge >= 0.3 is 0 Å². The molecule has 1 unspecified atom stereocenters. The molecule has 7 aromatic carbocycles. The summed E-state index contributed by atoms with van der Waals surface area (Å²) in [7, 11) is 0. The summed E-state index contributed by atoms with van der Waals surface area (Å²) in [4.78, 5) is 1.35. The van der Waals surface area contributed by atoms with E-state index in [1.807, 2.05) is 23.1 Å². The Bertz CT molecular complexity index is 2590. The number of anilines is 1. The molecule has 1 aliphatic rings. The van der Waals surface area contributed by atoms with Gasteiger partial charge in [0.1, 0.15) is 5.37 Å². The Morgan fingerprint density at radius 3 is 2.20 bits per heavy atom. The average molecular weight is 611 g/mol. The lowest BCUT2D eigenvalue weighted by Gasteiger charge is -2.13. The molecule has 0 saturated heterocycles. The van der Waals surface area contributed by atoms with Gasteiger partial charge in [-0.05, 0) is 76.0 Å². The van der Waals surface area contributed by atoms with Crippen molar-refractivity contribution in [3.63, 3.8) is 0 Å². The molecule has 1 aliphatic heterocycles. The van der Waals surface area contributed by atoms with E-state index < -0.39 is 0 Å². The topological polar surface area (TPSA) is 17.0 Å². The second kappa shape index (κ2) is 9.73. The van der Waals surface area contributed by atoms with Gasteiger partial charge in [-0.2, -0.15) is 0 Å². The zero-order valence-corrected chi connectivity index (χ0v) is 25.8. The number of para-hydroxylation sites is 1. The van der Waals surface area contributed by atoms with Gasteiger partial charge in [-0.3, -0.25) is 0 Å². The van der Waals surface area contributed by atoms with E-state index >= 15 is 0 Å². The molecule has 212 valence electrons. The zero-order chi connectivity index (χ0) is 29.5. The number of hydrogen-bond acceptors (Lipinski definition) is 3. The van der Waals surface area contributed by atoms with E-state index in [4.69, 9.17) is 0 Å². The number of nitrogens with zero attached hydrogens (tertiary/aromatic N) is 1. The quantitative estimate of drug-likeness (QED) is 0.214. The third-order valence-corrected chi connectivity index (χ3v) is 11.7. The number of thiophene rings is 1. The average Bonchev–Trinajstić information content (AvgIpc) is 3.80. The molecule has 1 atom stereocenters. The lowest BCUT2D eigenvalue weighted by molar-refractivity contribution is 1.12. The van der Waals surface area contributed by atoms with Crippen molar-refractivity contribution >= 4 is 81.5 Å². The molecule has 0 fully saturated rings. The molecule has 0 amide bonds. The third kappa shape index (κ3) is 3.83. The minimum atomic E-state index is 0.161. The number of thioether (sulfide) groups is 1. The molecule has 0 spiro atoms. The summed E-state index contributed by atoms with van der Waals surface area (Å²) in [5, 5.41) is 11.9. The molecule has 3 heterocycles. The minimum absolute atomic E-state index is 0.161. The van der Waals surface area contributed by atoms with Gasteiger partial charge in [0.25, 0.3) is 0 Å². The lowest BCUT2D eigenvalue weighted by Crippen LogP contribution is -2.01. The van der Waals surface area contributed by atoms with E-state index in [1.54, 1.807) is 0 Å². The molecular formula is C41H26N2S2. The Morgan fingerprint density at radius 2 is 1.31 bits per heavy atom. The van der Waals surface area contributed by atoms with Gasteiger partial charge in [0.2, 0.25) is 0 Å². The monoisotopic (exact) mass is 610 g/mol. The highest BCUT2D eigenvalue weighted by Gasteiger charge is 2.27. The fraction of sp³-hybridized carbons (Fsp3) is 0.0244. The molecule has 1 N–H and O–H groups in total. The van der Waals surface area contributed by atoms with Crippen molar-refractivity contribution in [2.75, 3.05) is 5.32 Å². The van der Waals surface area contributed by atoms with Gasteiger partial charge < -0.3 is 9.88 Å². The van der Waals surface area contributed by atoms with Crippen molar-refractivity contribution in [3.05, 3.63) is 151 Å². The van der Waals surface area contributed by atoms with Crippen LogP contribution in [0, 0.1) is 0 Å². The van der Waals surface area contributed by atoms with Crippen LogP contribution in [0.25, 0.3) is 69.6 Å². The van der Waals surface area contributed by atoms with Crippen LogP contribution in [-0.2, 0) is 0 Å². The lowest BCUT2D eigenvalue weighted by atomic mass is 10.0. The van der Waals surface area contributed by atoms with Crippen LogP contribution >= 0.6 is 23.1 Å². The SMILES string of the molecule is c1ccc(-c2ccc3sc4ccc5c(c4c3c2)SC(c2ccc(-n3c4ccccc4c4c6ccccc6ccc43)cc2)N5)cc1. The molecule has 9 aromatic rings. The molecule has 0 bridgehead atoms. The summed E-state index contributed by atoms with van der Waals surface area (Å²) < 4.78 is 5.10. The Hall–Kier alpha value is -5.03. The maximum Gasteiger partial charge on any atom is 0.103 e. The van der Waals surface area contributed by atoms with Crippen molar-refractivity contribution in [3.8, 4) is 16.8 Å². The predicted octanol–water partition coefficient (Wildman–Crippen LogP) is 12.2. The first-order valence-electron chi connectivity index (χ1n) is 15.3. The van der Waals surface area contributed by atoms with Crippen molar-refractivity contribution in [1.29, 1.82) is 0 Å². The van der Waals surface area contributed by atoms with Crippen LogP contribution in [0.15, 0.2) is 150 Å². The van der Waals surface area contributed by atoms with Crippen LogP contribution in [0.3, 0.4) is 0 Å². The van der Waals surface area contributed by atoms with Crippen LogP contribution in [0.2, 0.25) is 0 Å². The van der Waals surface area contributed by atoms with Crippen LogP contribution in [-0.4, -0.2) is 4.57 Å². The summed E-state index contributed by atoms with van der Waals surface area (Å²) in [5.41, 5.74) is 8.68. The second-order valence-electron chi connectivity index (χ2n) is 11.8. The van der Waals surface area contributed by atoms with Gasteiger partial charge in [0.05, 0.1) is 11.0 Å². The first-order chi connectivity index (χ1) is 22.3. The molecule has 45 heavy (non-hydrogen) atoms. The Morgan fingerprint density at radius 1 is 0.533 bits per heavy atom. The van der Waals surface area contributed by atoms with Crippen molar-refractivity contribution in [2.45, 2.75) is 10.3 Å². The van der Waals surface area contributed by atoms with Gasteiger partial charge in [-0.1, -0.05) is 109 Å². The van der Waals surface area contributed by atoms with Crippen molar-refractivity contribution < 1.29 is 0 Å². The summed E-state index contributed by atoms with van der Waals surface area (Å²) in [6.07, 6.45) is 0. The van der Waals surface area contributed by atoms with Gasteiger partial charge in [-0.25, -0.2) is 0 Å². The highest BCUT2D eigenvalue weighted by atomic mass is 32.2. The first-order valence-corrected chi connectivity index (χ1v) is 17.0. The number of fused-ring (bicyclic) bond motifs is 10. The maximum absolute atomic E-state index is 3.84. The molecule has 0 radical (unpaired) electrons. The smallest absolute Gasteiger partial charge is 0.103 e. The predicted molar refractivity (Wildman–Crippen MR) is 195 cm³/mol. The Labute approximate surface area is 268 Å². The first kappa shape index (κ1) is 25.3. The van der Waals surface area contributed by atoms with E-state index in [0.29, 0.717) is 0 Å². The molecular weight excluding hydrogens is 585 g/mol. The minimum Gasteiger partial charge on any atom is -0.368 e. The van der Waals surface area contributed by atoms with Gasteiger partial charge in [-0.15, -0.1) is 11.3 Å². The number of hydrogen-bond donors (Lipinski definition) is 1. The fourth-order valence-electron chi connectivity index (χ4n) is 7.14. The largest absolute Gasteiger partial charge is 0.368 e. The van der Waals surface area contributed by atoms with E-state index in [-0.39, 0.29) is 5.37 Å². The molecule has 10 rings (SSSR count). The number of benzene rings is 7. The Balaban J connectivity index is 1.05. The highest BCUT2D eigenvalue weighted by molar-refractivity contribution is 8.00. The summed E-state index contributed by atoms with van der Waals surface area (Å²) in [5.74, 6) is 0. The fourth-order valence-corrected chi connectivity index (χ4v) is 9.60. The summed E-state index contributed by atoms with van der Waals surface area (Å²) in [6.45, 7) is 0. The van der Waals surface area contributed by atoms with Crippen molar-refractivity contribution in [2.24, 2.45) is 0 Å². The van der Waals surface area contributed by atoms with E-state index in [0.717, 1.165) is 0 Å². The van der Waals surface area contributed by atoms with E-state index in [1.165, 1.54) is 85.7 Å². The molecule has 0 aliphatic carbocycles. The standard InChI is InChI=1S/C41H26N2S2/c1-2-8-25(9-3-1)28-17-22-36-32(24-28)39-37(44-36)23-20-33-40(39)45-41(42-33)27-14-18-29(19-15-27)43-34-13-7-6-12-31(34)38-30-11-5-4-10-26(30)16-21-35(38)43/h1-24,41-42H. The van der Waals surface area contributed by atoms with E-state index in [2.05, 4.69) is 155 Å². The van der Waals surface area contributed by atoms with Crippen LogP contribution in [0.1, 0.15) is 10.9 Å².